The van der Waals surface area contributed by atoms with Gasteiger partial charge in [0.25, 0.3) is 0 Å². The van der Waals surface area contributed by atoms with Crippen LogP contribution in [0.5, 0.6) is 0 Å². The van der Waals surface area contributed by atoms with Gasteiger partial charge in [0, 0.05) is 31.9 Å². The quantitative estimate of drug-likeness (QED) is 0.751. The Morgan fingerprint density at radius 3 is 2.76 bits per heavy atom. The molecule has 0 radical (unpaired) electrons. The molecule has 0 spiro atoms. The van der Waals surface area contributed by atoms with Gasteiger partial charge < -0.3 is 26.0 Å². The summed E-state index contributed by atoms with van der Waals surface area (Å²) in [6.07, 6.45) is 3.24. The molecule has 25 heavy (non-hydrogen) atoms. The first-order valence-corrected chi connectivity index (χ1v) is 8.94. The SMILES string of the molecule is NC[C@H]1CC[C@@H](C(=O)NCc2cccc(NC(=O)N3CCCC3)c2)O1. The average Bonchev–Trinajstić information content (AvgIpc) is 3.31. The summed E-state index contributed by atoms with van der Waals surface area (Å²) in [5, 5.41) is 5.81. The lowest BCUT2D eigenvalue weighted by Gasteiger charge is -2.17. The Hall–Kier alpha value is -2.12. The molecule has 0 aliphatic carbocycles. The van der Waals surface area contributed by atoms with Gasteiger partial charge in [-0.2, -0.15) is 0 Å². The van der Waals surface area contributed by atoms with Crippen LogP contribution in [0.2, 0.25) is 0 Å². The summed E-state index contributed by atoms with van der Waals surface area (Å²) in [6.45, 7) is 2.47. The normalized spacial score (nSPS) is 22.8. The molecule has 3 amide bonds. The first kappa shape index (κ1) is 17.7. The number of ether oxygens (including phenoxy) is 1. The van der Waals surface area contributed by atoms with Crippen molar-refractivity contribution in [3.05, 3.63) is 29.8 Å². The summed E-state index contributed by atoms with van der Waals surface area (Å²) in [6, 6.07) is 7.46. The summed E-state index contributed by atoms with van der Waals surface area (Å²) < 4.78 is 5.59. The summed E-state index contributed by atoms with van der Waals surface area (Å²) in [5.74, 6) is -0.109. The minimum Gasteiger partial charge on any atom is -0.364 e. The number of likely N-dealkylation sites (tertiary alicyclic amines) is 1. The van der Waals surface area contributed by atoms with Crippen molar-refractivity contribution in [1.29, 1.82) is 0 Å². The van der Waals surface area contributed by atoms with Crippen LogP contribution in [0.15, 0.2) is 24.3 Å². The van der Waals surface area contributed by atoms with Gasteiger partial charge in [0.15, 0.2) is 0 Å². The molecule has 2 atom stereocenters. The van der Waals surface area contributed by atoms with E-state index in [1.54, 1.807) is 0 Å². The zero-order valence-corrected chi connectivity index (χ0v) is 14.4. The Kier molecular flexibility index (Phi) is 5.88. The van der Waals surface area contributed by atoms with Crippen LogP contribution in [0.25, 0.3) is 0 Å². The number of amides is 3. The Bertz CT molecular complexity index is 616. The van der Waals surface area contributed by atoms with Crippen molar-refractivity contribution >= 4 is 17.6 Å². The van der Waals surface area contributed by atoms with Crippen molar-refractivity contribution in [3.8, 4) is 0 Å². The summed E-state index contributed by atoms with van der Waals surface area (Å²) in [4.78, 5) is 26.1. The first-order chi connectivity index (χ1) is 12.2. The minimum atomic E-state index is -0.411. The molecule has 7 nitrogen and oxygen atoms in total. The van der Waals surface area contributed by atoms with E-state index in [1.165, 1.54) is 0 Å². The van der Waals surface area contributed by atoms with Crippen LogP contribution >= 0.6 is 0 Å². The number of benzene rings is 1. The van der Waals surface area contributed by atoms with Crippen molar-refractivity contribution in [1.82, 2.24) is 10.2 Å². The smallest absolute Gasteiger partial charge is 0.321 e. The Morgan fingerprint density at radius 1 is 1.24 bits per heavy atom. The topological polar surface area (TPSA) is 96.7 Å². The highest BCUT2D eigenvalue weighted by molar-refractivity contribution is 5.89. The van der Waals surface area contributed by atoms with Crippen LogP contribution in [-0.4, -0.2) is 48.7 Å². The number of hydrogen-bond donors (Lipinski definition) is 3. The van der Waals surface area contributed by atoms with Gasteiger partial charge in [-0.05, 0) is 43.4 Å². The molecule has 2 fully saturated rings. The monoisotopic (exact) mass is 346 g/mol. The van der Waals surface area contributed by atoms with E-state index in [0.717, 1.165) is 43.6 Å². The maximum absolute atomic E-state index is 12.2. The largest absolute Gasteiger partial charge is 0.364 e. The van der Waals surface area contributed by atoms with Gasteiger partial charge in [-0.25, -0.2) is 4.79 Å². The lowest BCUT2D eigenvalue weighted by molar-refractivity contribution is -0.132. The van der Waals surface area contributed by atoms with E-state index in [-0.39, 0.29) is 18.0 Å². The van der Waals surface area contributed by atoms with Gasteiger partial charge in [-0.15, -0.1) is 0 Å². The lowest BCUT2D eigenvalue weighted by Crippen LogP contribution is -2.35. The van der Waals surface area contributed by atoms with Crippen molar-refractivity contribution in [2.24, 2.45) is 5.73 Å². The summed E-state index contributed by atoms with van der Waals surface area (Å²) in [7, 11) is 0. The summed E-state index contributed by atoms with van der Waals surface area (Å²) >= 11 is 0. The van der Waals surface area contributed by atoms with E-state index in [9.17, 15) is 9.59 Å². The molecule has 0 bridgehead atoms. The number of carbonyl (C=O) groups excluding carboxylic acids is 2. The van der Waals surface area contributed by atoms with E-state index in [0.29, 0.717) is 19.5 Å². The molecular formula is C18H26N4O3. The number of nitrogens with two attached hydrogens (primary N) is 1. The molecule has 4 N–H and O–H groups in total. The van der Waals surface area contributed by atoms with Crippen molar-refractivity contribution in [2.45, 2.75) is 44.4 Å². The molecule has 0 unspecified atom stereocenters. The molecule has 2 aliphatic heterocycles. The molecule has 7 heteroatoms. The van der Waals surface area contributed by atoms with Crippen LogP contribution in [-0.2, 0) is 16.1 Å². The highest BCUT2D eigenvalue weighted by Crippen LogP contribution is 2.19. The van der Waals surface area contributed by atoms with Crippen LogP contribution in [0.3, 0.4) is 0 Å². The van der Waals surface area contributed by atoms with Crippen LogP contribution in [0.4, 0.5) is 10.5 Å². The van der Waals surface area contributed by atoms with Crippen molar-refractivity contribution in [3.63, 3.8) is 0 Å². The molecule has 1 aromatic rings. The molecule has 0 saturated carbocycles. The van der Waals surface area contributed by atoms with Gasteiger partial charge in [0.1, 0.15) is 6.10 Å². The van der Waals surface area contributed by atoms with Gasteiger partial charge in [0.2, 0.25) is 5.91 Å². The molecule has 136 valence electrons. The maximum atomic E-state index is 12.2. The fraction of sp³-hybridized carbons (Fsp3) is 0.556. The number of hydrogen-bond acceptors (Lipinski definition) is 4. The third kappa shape index (κ3) is 4.70. The second-order valence-corrected chi connectivity index (χ2v) is 6.60. The fourth-order valence-electron chi connectivity index (χ4n) is 3.26. The molecule has 1 aromatic carbocycles. The van der Waals surface area contributed by atoms with E-state index < -0.39 is 6.10 Å². The molecule has 2 heterocycles. The number of anilines is 1. The van der Waals surface area contributed by atoms with Crippen molar-refractivity contribution < 1.29 is 14.3 Å². The van der Waals surface area contributed by atoms with E-state index in [4.69, 9.17) is 10.5 Å². The number of nitrogens with one attached hydrogen (secondary N) is 2. The fourth-order valence-corrected chi connectivity index (χ4v) is 3.26. The highest BCUT2D eigenvalue weighted by atomic mass is 16.5. The second-order valence-electron chi connectivity index (χ2n) is 6.60. The van der Waals surface area contributed by atoms with Gasteiger partial charge in [-0.1, -0.05) is 12.1 Å². The van der Waals surface area contributed by atoms with Gasteiger partial charge in [0.05, 0.1) is 6.10 Å². The Balaban J connectivity index is 1.49. The van der Waals surface area contributed by atoms with Crippen LogP contribution < -0.4 is 16.4 Å². The van der Waals surface area contributed by atoms with E-state index in [1.807, 2.05) is 29.2 Å². The predicted molar refractivity (Wildman–Crippen MR) is 95.1 cm³/mol. The number of urea groups is 1. The third-order valence-corrected chi connectivity index (χ3v) is 4.70. The van der Waals surface area contributed by atoms with Crippen molar-refractivity contribution in [2.75, 3.05) is 25.0 Å². The zero-order valence-electron chi connectivity index (χ0n) is 14.4. The minimum absolute atomic E-state index is 0.0140. The highest BCUT2D eigenvalue weighted by Gasteiger charge is 2.29. The second kappa shape index (κ2) is 8.31. The Morgan fingerprint density at radius 2 is 2.04 bits per heavy atom. The number of rotatable bonds is 5. The maximum Gasteiger partial charge on any atom is 0.321 e. The first-order valence-electron chi connectivity index (χ1n) is 8.94. The third-order valence-electron chi connectivity index (χ3n) is 4.70. The van der Waals surface area contributed by atoms with Crippen LogP contribution in [0, 0.1) is 0 Å². The summed E-state index contributed by atoms with van der Waals surface area (Å²) in [5.41, 5.74) is 7.24. The van der Waals surface area contributed by atoms with Gasteiger partial charge >= 0.3 is 6.03 Å². The standard InChI is InChI=1S/C18H26N4O3/c19-11-15-6-7-16(25-15)17(23)20-12-13-4-3-5-14(10-13)21-18(24)22-8-1-2-9-22/h3-5,10,15-16H,1-2,6-9,11-12,19H2,(H,20,23)(H,21,24)/t15-,16+/m1/s1. The average molecular weight is 346 g/mol. The predicted octanol–water partition coefficient (Wildman–Crippen LogP) is 1.44. The number of carbonyl (C=O) groups is 2. The van der Waals surface area contributed by atoms with E-state index in [2.05, 4.69) is 10.6 Å². The molecule has 3 rings (SSSR count). The van der Waals surface area contributed by atoms with Gasteiger partial charge in [-0.3, -0.25) is 4.79 Å². The van der Waals surface area contributed by atoms with Crippen LogP contribution in [0.1, 0.15) is 31.2 Å². The molecule has 2 aliphatic rings. The lowest BCUT2D eigenvalue weighted by atomic mass is 10.1. The van der Waals surface area contributed by atoms with E-state index >= 15 is 0 Å². The molecule has 0 aromatic heterocycles. The Labute approximate surface area is 147 Å². The zero-order chi connectivity index (χ0) is 17.6. The number of nitrogens with zero attached hydrogens (tertiary/aromatic N) is 1. The molecular weight excluding hydrogens is 320 g/mol. The molecule has 2 saturated heterocycles.